The van der Waals surface area contributed by atoms with E-state index in [0.29, 0.717) is 24.5 Å². The van der Waals surface area contributed by atoms with E-state index in [1.165, 1.54) is 7.11 Å². The Hall–Kier alpha value is -6.34. The first-order chi connectivity index (χ1) is 26.8. The van der Waals surface area contributed by atoms with Crippen molar-refractivity contribution in [3.05, 3.63) is 115 Å². The highest BCUT2D eigenvalue weighted by Gasteiger charge is 2.37. The molecule has 5 heterocycles. The Labute approximate surface area is 318 Å². The molecule has 2 saturated heterocycles. The van der Waals surface area contributed by atoms with Gasteiger partial charge in [0.05, 0.1) is 54.7 Å². The van der Waals surface area contributed by atoms with Gasteiger partial charge in [-0.3, -0.25) is 14.6 Å². The Morgan fingerprint density at radius 2 is 1.33 bits per heavy atom. The number of rotatable bonds is 9. The van der Waals surface area contributed by atoms with Crippen molar-refractivity contribution in [3.63, 3.8) is 0 Å². The van der Waals surface area contributed by atoms with E-state index >= 15 is 0 Å². The second-order valence-corrected chi connectivity index (χ2v) is 14.2. The molecule has 4 atom stereocenters. The molecule has 6 aromatic rings. The average Bonchev–Trinajstić information content (AvgIpc) is 4.06. The normalized spacial score (nSPS) is 18.0. The fourth-order valence-electron chi connectivity index (χ4n) is 7.77. The molecule has 3 aromatic carbocycles. The fraction of sp³-hybridized carbons (Fsp3) is 0.286. The number of fused-ring (bicyclic) bond motifs is 1. The first-order valence-corrected chi connectivity index (χ1v) is 18.6. The third kappa shape index (κ3) is 7.18. The number of amides is 3. The third-order valence-corrected chi connectivity index (χ3v) is 10.6. The Morgan fingerprint density at radius 3 is 1.93 bits per heavy atom. The summed E-state index contributed by atoms with van der Waals surface area (Å²) in [5.74, 6) is 1.21. The van der Waals surface area contributed by atoms with Gasteiger partial charge in [0, 0.05) is 36.0 Å². The van der Waals surface area contributed by atoms with Crippen molar-refractivity contribution in [1.82, 2.24) is 40.0 Å². The molecular formula is C42H43N9O4. The van der Waals surface area contributed by atoms with Gasteiger partial charge in [-0.15, -0.1) is 0 Å². The van der Waals surface area contributed by atoms with Gasteiger partial charge in [-0.25, -0.2) is 14.8 Å². The summed E-state index contributed by atoms with van der Waals surface area (Å²) in [6, 6.07) is 24.0. The zero-order chi connectivity index (χ0) is 38.1. The van der Waals surface area contributed by atoms with Gasteiger partial charge in [-0.1, -0.05) is 54.6 Å². The van der Waals surface area contributed by atoms with Gasteiger partial charge in [0.15, 0.2) is 0 Å². The van der Waals surface area contributed by atoms with E-state index in [0.717, 1.165) is 76.1 Å². The number of pyridine rings is 1. The lowest BCUT2D eigenvalue weighted by Crippen LogP contribution is -2.42. The van der Waals surface area contributed by atoms with Crippen LogP contribution in [0, 0.1) is 0 Å². The summed E-state index contributed by atoms with van der Waals surface area (Å²) < 4.78 is 4.82. The van der Waals surface area contributed by atoms with Crippen molar-refractivity contribution < 1.29 is 19.1 Å². The van der Waals surface area contributed by atoms with Crippen LogP contribution in [-0.4, -0.2) is 78.9 Å². The molecule has 0 aliphatic carbocycles. The summed E-state index contributed by atoms with van der Waals surface area (Å²) in [7, 11) is 1.28. The number of carbonyl (C=O) groups is 3. The van der Waals surface area contributed by atoms with Crippen LogP contribution in [0.25, 0.3) is 44.5 Å². The van der Waals surface area contributed by atoms with Crippen LogP contribution in [0.15, 0.2) is 97.5 Å². The minimum atomic E-state index is -0.879. The lowest BCUT2D eigenvalue weighted by Gasteiger charge is -2.28. The molecule has 0 bridgehead atoms. The highest BCUT2D eigenvalue weighted by Crippen LogP contribution is 2.35. The smallest absolute Gasteiger partial charge is 0.407 e. The average molecular weight is 738 g/mol. The van der Waals surface area contributed by atoms with E-state index in [2.05, 4.69) is 61.7 Å². The number of likely N-dealkylation sites (tertiary alicyclic amines) is 2. The monoisotopic (exact) mass is 737 g/mol. The molecule has 55 heavy (non-hydrogen) atoms. The Kier molecular flexibility index (Phi) is 9.85. The number of carbonyl (C=O) groups excluding carboxylic acids is 3. The molecule has 0 unspecified atom stereocenters. The number of benzene rings is 3. The van der Waals surface area contributed by atoms with Gasteiger partial charge in [0.2, 0.25) is 5.91 Å². The highest BCUT2D eigenvalue weighted by atomic mass is 16.5. The van der Waals surface area contributed by atoms with E-state index in [9.17, 15) is 14.4 Å². The highest BCUT2D eigenvalue weighted by molar-refractivity contribution is 5.90. The van der Waals surface area contributed by atoms with E-state index in [1.807, 2.05) is 59.8 Å². The topological polar surface area (TPSA) is 175 Å². The first-order valence-electron chi connectivity index (χ1n) is 18.6. The van der Waals surface area contributed by atoms with Crippen LogP contribution in [0.5, 0.6) is 0 Å². The molecule has 2 fully saturated rings. The summed E-state index contributed by atoms with van der Waals surface area (Å²) >= 11 is 0. The number of alkyl carbamates (subject to hydrolysis) is 1. The van der Waals surface area contributed by atoms with Crippen LogP contribution in [-0.2, 0) is 14.3 Å². The number of methoxy groups -OCH3 is 1. The van der Waals surface area contributed by atoms with Crippen LogP contribution in [0.4, 0.5) is 4.79 Å². The van der Waals surface area contributed by atoms with Gasteiger partial charge in [0.25, 0.3) is 5.91 Å². The van der Waals surface area contributed by atoms with Crippen LogP contribution in [0.1, 0.15) is 67.9 Å². The van der Waals surface area contributed by atoms with Gasteiger partial charge in [0.1, 0.15) is 17.7 Å². The molecule has 5 N–H and O–H groups in total. The van der Waals surface area contributed by atoms with Gasteiger partial charge >= 0.3 is 6.09 Å². The number of ether oxygens (including phenoxy) is 1. The van der Waals surface area contributed by atoms with E-state index in [1.54, 1.807) is 18.0 Å². The van der Waals surface area contributed by atoms with Gasteiger partial charge in [-0.05, 0) is 73.2 Å². The largest absolute Gasteiger partial charge is 0.453 e. The molecule has 0 spiro atoms. The van der Waals surface area contributed by atoms with Crippen molar-refractivity contribution >= 4 is 28.7 Å². The maximum Gasteiger partial charge on any atom is 0.407 e. The molecule has 2 aliphatic heterocycles. The van der Waals surface area contributed by atoms with Crippen LogP contribution < -0.4 is 11.1 Å². The molecule has 0 radical (unpaired) electrons. The minimum absolute atomic E-state index is 0.0480. The fourth-order valence-corrected chi connectivity index (χ4v) is 7.77. The molecule has 13 heteroatoms. The number of imidazole rings is 2. The molecule has 3 amide bonds. The summed E-state index contributed by atoms with van der Waals surface area (Å²) in [4.78, 5) is 63.4. The Balaban J connectivity index is 0.959. The number of nitrogens with one attached hydrogen (secondary N) is 3. The van der Waals surface area contributed by atoms with Gasteiger partial charge in [-0.2, -0.15) is 0 Å². The Bertz CT molecular complexity index is 2340. The van der Waals surface area contributed by atoms with Crippen molar-refractivity contribution in [2.75, 3.05) is 20.2 Å². The second-order valence-electron chi connectivity index (χ2n) is 14.2. The molecule has 13 nitrogen and oxygen atoms in total. The van der Waals surface area contributed by atoms with Gasteiger partial charge < -0.3 is 35.6 Å². The predicted octanol–water partition coefficient (Wildman–Crippen LogP) is 6.45. The summed E-state index contributed by atoms with van der Waals surface area (Å²) in [5.41, 5.74) is 12.0. The molecule has 280 valence electrons. The van der Waals surface area contributed by atoms with Crippen molar-refractivity contribution in [2.24, 2.45) is 5.73 Å². The number of aromatic nitrogens is 5. The number of nitrogens with two attached hydrogens (primary N) is 1. The maximum atomic E-state index is 13.9. The first kappa shape index (κ1) is 35.7. The van der Waals surface area contributed by atoms with E-state index < -0.39 is 18.2 Å². The molecule has 3 aromatic heterocycles. The standard InChI is InChI=1S/C42H43N9O4/c1-25(43)40(52)50-18-6-10-35(50)38-45-23-33(47-38)30-15-13-27-20-29(14-12-28(27)21-30)32-17-16-31(22-44-32)34-24-46-39(48-34)36-11-7-19-51(36)41(53)37(49-42(54)55-2)26-8-4-3-5-9-26/h3-5,8-9,12-17,20-25,35-37H,6-7,10-11,18-19,43H2,1-2H3,(H,45,47)(H,46,48)(H,49,54)/t25-,35-,36-,37+/m0/s1. The van der Waals surface area contributed by atoms with Crippen LogP contribution in [0.3, 0.4) is 0 Å². The number of hydrogen-bond acceptors (Lipinski definition) is 8. The lowest BCUT2D eigenvalue weighted by molar-refractivity contribution is -0.135. The van der Waals surface area contributed by atoms with Crippen molar-refractivity contribution in [1.29, 1.82) is 0 Å². The summed E-state index contributed by atoms with van der Waals surface area (Å²) in [6.07, 6.45) is 8.12. The summed E-state index contributed by atoms with van der Waals surface area (Å²) in [5, 5.41) is 4.88. The minimum Gasteiger partial charge on any atom is -0.453 e. The van der Waals surface area contributed by atoms with Crippen LogP contribution in [0.2, 0.25) is 0 Å². The molecule has 0 saturated carbocycles. The molecular weight excluding hydrogens is 695 g/mol. The SMILES string of the molecule is COC(=O)N[C@@H](C(=O)N1CCC[C@H]1c1ncc(-c2ccc(-c3ccc4cc(-c5cnc([C@@H]6CCCN6C(=O)[C@H](C)N)[nH]5)ccc4c3)nc2)[nH]1)c1ccccc1. The molecule has 8 rings (SSSR count). The number of hydrogen-bond donors (Lipinski definition) is 4. The Morgan fingerprint density at radius 1 is 0.745 bits per heavy atom. The van der Waals surface area contributed by atoms with Crippen molar-refractivity contribution in [2.45, 2.75) is 56.8 Å². The number of aromatic amines is 2. The zero-order valence-electron chi connectivity index (χ0n) is 30.7. The van der Waals surface area contributed by atoms with E-state index in [4.69, 9.17) is 15.5 Å². The van der Waals surface area contributed by atoms with Crippen molar-refractivity contribution in [3.8, 4) is 33.8 Å². The lowest BCUT2D eigenvalue weighted by atomic mass is 10.0. The molecule has 2 aliphatic rings. The third-order valence-electron chi connectivity index (χ3n) is 10.6. The number of nitrogens with zero attached hydrogens (tertiary/aromatic N) is 5. The van der Waals surface area contributed by atoms with E-state index in [-0.39, 0.29) is 23.9 Å². The van der Waals surface area contributed by atoms with Crippen LogP contribution >= 0.6 is 0 Å². The predicted molar refractivity (Wildman–Crippen MR) is 208 cm³/mol. The second kappa shape index (κ2) is 15.2. The zero-order valence-corrected chi connectivity index (χ0v) is 30.7. The quantitative estimate of drug-likeness (QED) is 0.131. The summed E-state index contributed by atoms with van der Waals surface area (Å²) in [6.45, 7) is 2.97. The number of H-pyrrole nitrogens is 2. The maximum absolute atomic E-state index is 13.9.